The van der Waals surface area contributed by atoms with E-state index in [0.717, 1.165) is 0 Å². The highest BCUT2D eigenvalue weighted by Crippen LogP contribution is 2.49. The van der Waals surface area contributed by atoms with E-state index in [1.54, 1.807) is 45.0 Å². The van der Waals surface area contributed by atoms with E-state index in [1.807, 2.05) is 31.2 Å². The minimum absolute atomic E-state index is 0.0182. The lowest BCUT2D eigenvalue weighted by atomic mass is 9.58. The zero-order valence-corrected chi connectivity index (χ0v) is 35.3. The van der Waals surface area contributed by atoms with E-state index in [-0.39, 0.29) is 54.9 Å². The van der Waals surface area contributed by atoms with Crippen molar-refractivity contribution in [3.05, 3.63) is 96.1 Å². The topological polar surface area (TPSA) is 183 Å². The van der Waals surface area contributed by atoms with Gasteiger partial charge in [0.2, 0.25) is 0 Å². The first-order valence-electron chi connectivity index (χ1n) is 19.9. The van der Waals surface area contributed by atoms with Crippen molar-refractivity contribution in [2.75, 3.05) is 59.5 Å². The number of rotatable bonds is 27. The van der Waals surface area contributed by atoms with Crippen LogP contribution in [0.2, 0.25) is 0 Å². The third-order valence-electron chi connectivity index (χ3n) is 10.4. The van der Waals surface area contributed by atoms with Gasteiger partial charge in [0.05, 0.1) is 58.3 Å². The van der Waals surface area contributed by atoms with Crippen LogP contribution < -0.4 is 9.47 Å². The molecule has 3 aliphatic rings. The van der Waals surface area contributed by atoms with Crippen LogP contribution >= 0.6 is 0 Å². The largest absolute Gasteiger partial charge is 0.462 e. The van der Waals surface area contributed by atoms with E-state index >= 15 is 0 Å². The monoisotopic (exact) mass is 838 g/mol. The molecule has 8 atom stereocenters. The van der Waals surface area contributed by atoms with Crippen molar-refractivity contribution in [1.29, 1.82) is 0 Å². The normalized spacial score (nSPS) is 21.7. The predicted molar refractivity (Wildman–Crippen MR) is 216 cm³/mol. The highest BCUT2D eigenvalue weighted by Gasteiger charge is 2.52. The van der Waals surface area contributed by atoms with Crippen LogP contribution in [0.5, 0.6) is 11.5 Å². The van der Waals surface area contributed by atoms with Gasteiger partial charge in [-0.3, -0.25) is 0 Å². The average molecular weight is 839 g/mol. The first-order valence-corrected chi connectivity index (χ1v) is 19.9. The fraction of sp³-hybridized carbons (Fsp3) is 0.533. The van der Waals surface area contributed by atoms with Crippen LogP contribution in [0, 0.1) is 5.41 Å². The number of benzene rings is 2. The number of aliphatic hydroxyl groups is 1. The molecule has 0 radical (unpaired) electrons. The quantitative estimate of drug-likeness (QED) is 0.0427. The van der Waals surface area contributed by atoms with Gasteiger partial charge >= 0.3 is 17.9 Å². The Bertz CT molecular complexity index is 1710. The molecule has 3 saturated heterocycles. The number of aliphatic hydroxyl groups excluding tert-OH is 1. The Morgan fingerprint density at radius 2 is 1.05 bits per heavy atom. The van der Waals surface area contributed by atoms with Crippen molar-refractivity contribution in [3.8, 4) is 11.5 Å². The molecule has 0 spiro atoms. The summed E-state index contributed by atoms with van der Waals surface area (Å²) in [6.45, 7) is 22.9. The van der Waals surface area contributed by atoms with E-state index < -0.39 is 60.1 Å². The second-order valence-corrected chi connectivity index (χ2v) is 15.8. The number of epoxide rings is 3. The van der Waals surface area contributed by atoms with Gasteiger partial charge in [-0.15, -0.1) is 0 Å². The number of esters is 3. The molecule has 0 bridgehead atoms. The number of ether oxygens (including phenoxy) is 11. The van der Waals surface area contributed by atoms with Crippen LogP contribution in [0.15, 0.2) is 85.0 Å². The second-order valence-electron chi connectivity index (χ2n) is 15.8. The van der Waals surface area contributed by atoms with E-state index in [9.17, 15) is 19.5 Å². The molecule has 5 rings (SSSR count). The van der Waals surface area contributed by atoms with Gasteiger partial charge in [0.15, 0.2) is 0 Å². The van der Waals surface area contributed by atoms with Crippen LogP contribution in [0.4, 0.5) is 0 Å². The molecule has 15 heteroatoms. The van der Waals surface area contributed by atoms with Gasteiger partial charge in [0.1, 0.15) is 48.6 Å². The van der Waals surface area contributed by atoms with Crippen LogP contribution in [-0.2, 0) is 62.4 Å². The molecule has 0 amide bonds. The molecule has 2 aromatic carbocycles. The van der Waals surface area contributed by atoms with Crippen molar-refractivity contribution in [2.45, 2.75) is 90.1 Å². The maximum absolute atomic E-state index is 12.9. The zero-order chi connectivity index (χ0) is 43.6. The Hall–Kier alpha value is -4.61. The van der Waals surface area contributed by atoms with Crippen molar-refractivity contribution in [2.24, 2.45) is 5.41 Å². The fourth-order valence-corrected chi connectivity index (χ4v) is 6.09. The molecule has 2 aromatic rings. The Morgan fingerprint density at radius 3 is 1.40 bits per heavy atom. The molecular formula is C45H58O15. The Labute approximate surface area is 351 Å². The van der Waals surface area contributed by atoms with E-state index in [1.165, 1.54) is 13.8 Å². The fourth-order valence-electron chi connectivity index (χ4n) is 6.09. The van der Waals surface area contributed by atoms with Gasteiger partial charge in [0, 0.05) is 22.1 Å². The molecule has 3 fully saturated rings. The van der Waals surface area contributed by atoms with E-state index in [4.69, 9.17) is 52.1 Å². The van der Waals surface area contributed by atoms with Crippen molar-refractivity contribution >= 4 is 17.9 Å². The van der Waals surface area contributed by atoms with Crippen molar-refractivity contribution < 1.29 is 71.6 Å². The Kier molecular flexibility index (Phi) is 16.1. The lowest BCUT2D eigenvalue weighted by molar-refractivity contribution is -0.180. The summed E-state index contributed by atoms with van der Waals surface area (Å²) in [7, 11) is 0. The number of hydrogen-bond donors (Lipinski definition) is 1. The molecule has 15 nitrogen and oxygen atoms in total. The summed E-state index contributed by atoms with van der Waals surface area (Å²) in [5.74, 6) is -1.20. The molecule has 8 unspecified atom stereocenters. The van der Waals surface area contributed by atoms with Gasteiger partial charge in [-0.25, -0.2) is 14.4 Å². The Balaban J connectivity index is 1.50. The summed E-state index contributed by atoms with van der Waals surface area (Å²) in [5, 5.41) is 11.5. The molecule has 3 heterocycles. The molecule has 3 aliphatic heterocycles. The summed E-state index contributed by atoms with van der Waals surface area (Å²) in [6.07, 6.45) is -3.68. The van der Waals surface area contributed by atoms with Crippen LogP contribution in [0.25, 0.3) is 0 Å². The van der Waals surface area contributed by atoms with Crippen molar-refractivity contribution in [3.63, 3.8) is 0 Å². The zero-order valence-electron chi connectivity index (χ0n) is 35.3. The maximum Gasteiger partial charge on any atom is 0.336 e. The minimum Gasteiger partial charge on any atom is -0.462 e. The molecule has 1 N–H and O–H groups in total. The minimum atomic E-state index is -1.29. The lowest BCUT2D eigenvalue weighted by Gasteiger charge is -2.48. The summed E-state index contributed by atoms with van der Waals surface area (Å²) in [6, 6.07) is 14.1. The van der Waals surface area contributed by atoms with Gasteiger partial charge in [-0.1, -0.05) is 50.9 Å². The van der Waals surface area contributed by atoms with Crippen LogP contribution in [0.3, 0.4) is 0 Å². The van der Waals surface area contributed by atoms with Crippen LogP contribution in [0.1, 0.15) is 52.7 Å². The summed E-state index contributed by atoms with van der Waals surface area (Å²) < 4.78 is 63.3. The van der Waals surface area contributed by atoms with Crippen molar-refractivity contribution in [1.82, 2.24) is 0 Å². The maximum atomic E-state index is 12.9. The summed E-state index contributed by atoms with van der Waals surface area (Å²) in [4.78, 5) is 38.1. The predicted octanol–water partition coefficient (Wildman–Crippen LogP) is 4.76. The molecule has 328 valence electrons. The van der Waals surface area contributed by atoms with Gasteiger partial charge in [-0.2, -0.15) is 0 Å². The smallest absolute Gasteiger partial charge is 0.336 e. The SMILES string of the molecule is C=C(C)C(=O)OCC(CO)(COCC1CO1)C(C)(c1ccc(OC(OC(=O)C(=C)C)C(C)OCC2CO2)cc1)c1ccc(OC(OC(=O)C(=C)C)C(C)OCC2CO2)cc1. The third kappa shape index (κ3) is 12.7. The van der Waals surface area contributed by atoms with E-state index in [2.05, 4.69) is 19.7 Å². The van der Waals surface area contributed by atoms with Crippen LogP contribution in [-0.4, -0.2) is 126 Å². The molecule has 0 aliphatic carbocycles. The molecular weight excluding hydrogens is 780 g/mol. The molecule has 0 saturated carbocycles. The first kappa shape index (κ1) is 46.5. The summed E-state index contributed by atoms with van der Waals surface area (Å²) >= 11 is 0. The summed E-state index contributed by atoms with van der Waals surface area (Å²) in [5.41, 5.74) is -0.510. The highest BCUT2D eigenvalue weighted by atomic mass is 16.7. The first-order chi connectivity index (χ1) is 28.5. The van der Waals surface area contributed by atoms with E-state index in [0.29, 0.717) is 55.7 Å². The second kappa shape index (κ2) is 20.8. The molecule has 60 heavy (non-hydrogen) atoms. The van der Waals surface area contributed by atoms with Gasteiger partial charge in [-0.05, 0) is 70.0 Å². The Morgan fingerprint density at radius 1 is 0.667 bits per heavy atom. The van der Waals surface area contributed by atoms with Gasteiger partial charge < -0.3 is 57.2 Å². The number of carbonyl (C=O) groups is 3. The number of carbonyl (C=O) groups excluding carboxylic acids is 3. The third-order valence-corrected chi connectivity index (χ3v) is 10.4. The number of hydrogen-bond acceptors (Lipinski definition) is 15. The lowest BCUT2D eigenvalue weighted by Crippen LogP contribution is -2.53. The standard InChI is InChI=1S/C45H58O15/c1-27(2)39(47)56-26-45(24-46,25-50-18-36-21-53-36)44(9,32-10-14-34(15-11-32)57-42(59-40(48)28(3)4)30(7)51-19-37-22-54-37)33-12-16-35(17-13-33)58-43(60-41(49)29(5)6)31(8)52-20-38-23-55-38/h10-17,30-31,36-38,42-43,46H,1,3,5,18-26H2,2,4,6-9H3. The van der Waals surface area contributed by atoms with Gasteiger partial charge in [0.25, 0.3) is 12.6 Å². The highest BCUT2D eigenvalue weighted by molar-refractivity contribution is 5.87. The average Bonchev–Trinajstić information content (AvgIpc) is 4.07. The molecule has 0 aromatic heterocycles.